The highest BCUT2D eigenvalue weighted by molar-refractivity contribution is 5.79. The summed E-state index contributed by atoms with van der Waals surface area (Å²) in [6, 6.07) is 5.18. The molecule has 1 aromatic carbocycles. The third-order valence-corrected chi connectivity index (χ3v) is 2.08. The molecule has 0 radical (unpaired) electrons. The normalized spacial score (nSPS) is 10.8. The lowest BCUT2D eigenvalue weighted by Crippen LogP contribution is -2.42. The number of halogens is 2. The van der Waals surface area contributed by atoms with Crippen LogP contribution < -0.4 is 5.32 Å². The molecule has 1 amide bonds. The summed E-state index contributed by atoms with van der Waals surface area (Å²) in [6.07, 6.45) is -0.0949. The van der Waals surface area contributed by atoms with Crippen molar-refractivity contribution in [2.45, 2.75) is 25.8 Å². The van der Waals surface area contributed by atoms with Crippen molar-refractivity contribution in [1.29, 1.82) is 5.26 Å². The zero-order valence-electron chi connectivity index (χ0n) is 9.55. The minimum atomic E-state index is -0.991. The molecule has 90 valence electrons. The molecule has 5 heteroatoms. The van der Waals surface area contributed by atoms with Gasteiger partial charge in [-0.15, -0.1) is 0 Å². The van der Waals surface area contributed by atoms with E-state index in [2.05, 4.69) is 5.32 Å². The Kier molecular flexibility index (Phi) is 3.79. The van der Waals surface area contributed by atoms with Crippen molar-refractivity contribution in [2.75, 3.05) is 0 Å². The van der Waals surface area contributed by atoms with Crippen LogP contribution in [0.3, 0.4) is 0 Å². The molecule has 1 aromatic rings. The van der Waals surface area contributed by atoms with E-state index < -0.39 is 23.1 Å². The van der Waals surface area contributed by atoms with E-state index >= 15 is 0 Å². The summed E-state index contributed by atoms with van der Waals surface area (Å²) in [7, 11) is 0. The van der Waals surface area contributed by atoms with Crippen LogP contribution in [0.25, 0.3) is 0 Å². The number of hydrogen-bond acceptors (Lipinski definition) is 2. The highest BCUT2D eigenvalue weighted by Gasteiger charge is 2.19. The second-order valence-corrected chi connectivity index (χ2v) is 4.21. The standard InChI is InChI=1S/C12H12F2N2O/c1-12(2,7-15)16-11(17)6-8-3-4-9(13)10(14)5-8/h3-5H,6H2,1-2H3,(H,16,17). The molecular weight excluding hydrogens is 226 g/mol. The summed E-state index contributed by atoms with van der Waals surface area (Å²) in [4.78, 5) is 11.5. The van der Waals surface area contributed by atoms with Gasteiger partial charge in [-0.1, -0.05) is 6.07 Å². The van der Waals surface area contributed by atoms with Crippen LogP contribution in [0.15, 0.2) is 18.2 Å². The van der Waals surface area contributed by atoms with E-state index in [1.165, 1.54) is 6.07 Å². The Labute approximate surface area is 98.1 Å². The molecule has 0 aliphatic rings. The number of carbonyl (C=O) groups excluding carboxylic acids is 1. The van der Waals surface area contributed by atoms with E-state index in [0.29, 0.717) is 5.56 Å². The van der Waals surface area contributed by atoms with E-state index in [9.17, 15) is 13.6 Å². The Morgan fingerprint density at radius 1 is 1.41 bits per heavy atom. The minimum absolute atomic E-state index is 0.0949. The smallest absolute Gasteiger partial charge is 0.225 e. The zero-order valence-corrected chi connectivity index (χ0v) is 9.55. The third kappa shape index (κ3) is 3.83. The number of hydrogen-bond donors (Lipinski definition) is 1. The summed E-state index contributed by atoms with van der Waals surface area (Å²) in [6.45, 7) is 3.10. The second-order valence-electron chi connectivity index (χ2n) is 4.21. The van der Waals surface area contributed by atoms with E-state index in [1.54, 1.807) is 13.8 Å². The lowest BCUT2D eigenvalue weighted by molar-refractivity contribution is -0.121. The van der Waals surface area contributed by atoms with Crippen LogP contribution in [0, 0.1) is 23.0 Å². The van der Waals surface area contributed by atoms with Gasteiger partial charge >= 0.3 is 0 Å². The molecule has 0 spiro atoms. The van der Waals surface area contributed by atoms with Gasteiger partial charge in [0.15, 0.2) is 11.6 Å². The van der Waals surface area contributed by atoms with Crippen LogP contribution in [0.4, 0.5) is 8.78 Å². The fourth-order valence-corrected chi connectivity index (χ4v) is 1.26. The molecule has 0 saturated carbocycles. The van der Waals surface area contributed by atoms with Crippen molar-refractivity contribution in [1.82, 2.24) is 5.32 Å². The van der Waals surface area contributed by atoms with Crippen molar-refractivity contribution in [2.24, 2.45) is 0 Å². The van der Waals surface area contributed by atoms with Crippen LogP contribution >= 0.6 is 0 Å². The highest BCUT2D eigenvalue weighted by Crippen LogP contribution is 2.09. The Balaban J connectivity index is 2.69. The first kappa shape index (κ1) is 13.1. The Hall–Kier alpha value is -1.96. The monoisotopic (exact) mass is 238 g/mol. The number of benzene rings is 1. The van der Waals surface area contributed by atoms with Crippen LogP contribution in [-0.2, 0) is 11.2 Å². The van der Waals surface area contributed by atoms with Gasteiger partial charge in [0, 0.05) is 0 Å². The Morgan fingerprint density at radius 3 is 2.59 bits per heavy atom. The number of rotatable bonds is 3. The molecule has 0 aliphatic carbocycles. The molecule has 3 nitrogen and oxygen atoms in total. The molecular formula is C12H12F2N2O. The van der Waals surface area contributed by atoms with Gasteiger partial charge in [0.1, 0.15) is 5.54 Å². The van der Waals surface area contributed by atoms with E-state index in [0.717, 1.165) is 12.1 Å². The van der Waals surface area contributed by atoms with E-state index in [4.69, 9.17) is 5.26 Å². The molecule has 0 unspecified atom stereocenters. The average Bonchev–Trinajstić information content (AvgIpc) is 2.23. The van der Waals surface area contributed by atoms with Crippen molar-refractivity contribution in [3.8, 4) is 6.07 Å². The quantitative estimate of drug-likeness (QED) is 0.874. The molecule has 1 N–H and O–H groups in total. The van der Waals surface area contributed by atoms with Crippen LogP contribution in [0.5, 0.6) is 0 Å². The average molecular weight is 238 g/mol. The fraction of sp³-hybridized carbons (Fsp3) is 0.333. The first-order valence-electron chi connectivity index (χ1n) is 5.00. The minimum Gasteiger partial charge on any atom is -0.338 e. The van der Waals surface area contributed by atoms with E-state index in [-0.39, 0.29) is 6.42 Å². The number of amides is 1. The summed E-state index contributed by atoms with van der Waals surface area (Å²) in [5.74, 6) is -2.36. The third-order valence-electron chi connectivity index (χ3n) is 2.08. The Morgan fingerprint density at radius 2 is 2.06 bits per heavy atom. The lowest BCUT2D eigenvalue weighted by Gasteiger charge is -2.17. The van der Waals surface area contributed by atoms with Crippen molar-refractivity contribution in [3.05, 3.63) is 35.4 Å². The number of nitriles is 1. The summed E-state index contributed by atoms with van der Waals surface area (Å²) in [5, 5.41) is 11.2. The Bertz CT molecular complexity index is 478. The maximum Gasteiger partial charge on any atom is 0.225 e. The summed E-state index contributed by atoms with van der Waals surface area (Å²) < 4.78 is 25.5. The van der Waals surface area contributed by atoms with Gasteiger partial charge in [0.25, 0.3) is 0 Å². The summed E-state index contributed by atoms with van der Waals surface area (Å²) in [5.41, 5.74) is -0.620. The largest absolute Gasteiger partial charge is 0.338 e. The molecule has 0 atom stereocenters. The SMILES string of the molecule is CC(C)(C#N)NC(=O)Cc1ccc(F)c(F)c1. The topological polar surface area (TPSA) is 52.9 Å². The molecule has 17 heavy (non-hydrogen) atoms. The number of nitrogens with zero attached hydrogens (tertiary/aromatic N) is 1. The molecule has 0 saturated heterocycles. The number of nitrogens with one attached hydrogen (secondary N) is 1. The first-order valence-corrected chi connectivity index (χ1v) is 5.00. The predicted octanol–water partition coefficient (Wildman–Crippen LogP) is 1.93. The van der Waals surface area contributed by atoms with Gasteiger partial charge in [-0.25, -0.2) is 8.78 Å². The van der Waals surface area contributed by atoms with Gasteiger partial charge in [-0.05, 0) is 31.5 Å². The maximum absolute atomic E-state index is 12.9. The molecule has 0 heterocycles. The van der Waals surface area contributed by atoms with Gasteiger partial charge in [0.05, 0.1) is 12.5 Å². The molecule has 0 aromatic heterocycles. The van der Waals surface area contributed by atoms with Crippen molar-refractivity contribution in [3.63, 3.8) is 0 Å². The molecule has 0 aliphatic heterocycles. The van der Waals surface area contributed by atoms with Crippen LogP contribution in [-0.4, -0.2) is 11.4 Å². The first-order chi connectivity index (χ1) is 7.84. The van der Waals surface area contributed by atoms with Crippen molar-refractivity contribution < 1.29 is 13.6 Å². The number of carbonyl (C=O) groups is 1. The maximum atomic E-state index is 12.9. The van der Waals surface area contributed by atoms with Crippen LogP contribution in [0.1, 0.15) is 19.4 Å². The molecule has 0 fully saturated rings. The van der Waals surface area contributed by atoms with Crippen molar-refractivity contribution >= 4 is 5.91 Å². The lowest BCUT2D eigenvalue weighted by atomic mass is 10.1. The molecule has 0 bridgehead atoms. The van der Waals surface area contributed by atoms with Gasteiger partial charge in [-0.3, -0.25) is 4.79 Å². The van der Waals surface area contributed by atoms with E-state index in [1.807, 2.05) is 6.07 Å². The fourth-order valence-electron chi connectivity index (χ4n) is 1.26. The predicted molar refractivity (Wildman–Crippen MR) is 57.9 cm³/mol. The second kappa shape index (κ2) is 4.91. The van der Waals surface area contributed by atoms with Gasteiger partial charge < -0.3 is 5.32 Å². The highest BCUT2D eigenvalue weighted by atomic mass is 19.2. The zero-order chi connectivity index (χ0) is 13.1. The summed E-state index contributed by atoms with van der Waals surface area (Å²) >= 11 is 0. The van der Waals surface area contributed by atoms with Crippen LogP contribution in [0.2, 0.25) is 0 Å². The van der Waals surface area contributed by atoms with Gasteiger partial charge in [0.2, 0.25) is 5.91 Å². The molecule has 1 rings (SSSR count). The van der Waals surface area contributed by atoms with Gasteiger partial charge in [-0.2, -0.15) is 5.26 Å².